The molecule has 0 unspecified atom stereocenters. The molecule has 0 aromatic rings. The summed E-state index contributed by atoms with van der Waals surface area (Å²) >= 11 is 0. The molecule has 0 N–H and O–H groups in total. The van der Waals surface area contributed by atoms with Gasteiger partial charge >= 0.3 is 0 Å². The maximum Gasteiger partial charge on any atom is 0.0493 e. The van der Waals surface area contributed by atoms with E-state index < -0.39 is 0 Å². The molecule has 1 atom stereocenters. The molecule has 1 nitrogen and oxygen atoms in total. The average Bonchev–Trinajstić information content (AvgIpc) is 1.88. The molecule has 0 aromatic heterocycles. The lowest BCUT2D eigenvalue weighted by atomic mass is 9.85. The lowest BCUT2D eigenvalue weighted by molar-refractivity contribution is 0.401. The standard InChI is InChI=1S/C9H17N/c1-4-8-5-6-9(2,3)7-10-8/h7-8H,4-6H2,1-3H3/t8-/m1/s1. The molecule has 10 heavy (non-hydrogen) atoms. The monoisotopic (exact) mass is 139 g/mol. The predicted octanol–water partition coefficient (Wildman–Crippen LogP) is 2.66. The Morgan fingerprint density at radius 1 is 1.60 bits per heavy atom. The van der Waals surface area contributed by atoms with E-state index >= 15 is 0 Å². The third-order valence-electron chi connectivity index (χ3n) is 2.23. The summed E-state index contributed by atoms with van der Waals surface area (Å²) in [5, 5.41) is 0. The Morgan fingerprint density at radius 3 is 2.70 bits per heavy atom. The third-order valence-corrected chi connectivity index (χ3v) is 2.23. The molecule has 1 aliphatic rings. The van der Waals surface area contributed by atoms with E-state index in [0.29, 0.717) is 11.5 Å². The van der Waals surface area contributed by atoms with E-state index in [-0.39, 0.29) is 0 Å². The van der Waals surface area contributed by atoms with Gasteiger partial charge in [-0.1, -0.05) is 20.8 Å². The average molecular weight is 139 g/mol. The largest absolute Gasteiger partial charge is 0.294 e. The Hall–Kier alpha value is -0.330. The van der Waals surface area contributed by atoms with Gasteiger partial charge in [-0.2, -0.15) is 0 Å². The van der Waals surface area contributed by atoms with Gasteiger partial charge in [0, 0.05) is 12.3 Å². The van der Waals surface area contributed by atoms with Crippen molar-refractivity contribution >= 4 is 6.21 Å². The van der Waals surface area contributed by atoms with Gasteiger partial charge in [0.15, 0.2) is 0 Å². The molecular formula is C9H17N. The van der Waals surface area contributed by atoms with Gasteiger partial charge < -0.3 is 0 Å². The van der Waals surface area contributed by atoms with Gasteiger partial charge in [0.1, 0.15) is 0 Å². The molecule has 1 heteroatoms. The molecule has 0 fully saturated rings. The number of aliphatic imine (C=N–C) groups is 1. The van der Waals surface area contributed by atoms with Crippen LogP contribution < -0.4 is 0 Å². The Labute approximate surface area is 63.5 Å². The zero-order chi connectivity index (χ0) is 7.61. The molecule has 0 bridgehead atoms. The maximum absolute atomic E-state index is 4.48. The van der Waals surface area contributed by atoms with Crippen LogP contribution in [0.5, 0.6) is 0 Å². The van der Waals surface area contributed by atoms with Crippen LogP contribution in [0.15, 0.2) is 4.99 Å². The summed E-state index contributed by atoms with van der Waals surface area (Å²) in [5.74, 6) is 0. The van der Waals surface area contributed by atoms with Crippen molar-refractivity contribution in [3.63, 3.8) is 0 Å². The van der Waals surface area contributed by atoms with Gasteiger partial charge in [-0.05, 0) is 24.7 Å². The van der Waals surface area contributed by atoms with E-state index in [9.17, 15) is 0 Å². The van der Waals surface area contributed by atoms with Crippen molar-refractivity contribution in [2.45, 2.75) is 46.1 Å². The van der Waals surface area contributed by atoms with Gasteiger partial charge in [0.25, 0.3) is 0 Å². The molecule has 0 aliphatic carbocycles. The predicted molar refractivity (Wildman–Crippen MR) is 45.6 cm³/mol. The van der Waals surface area contributed by atoms with Crippen molar-refractivity contribution in [3.05, 3.63) is 0 Å². The van der Waals surface area contributed by atoms with Gasteiger partial charge in [0.2, 0.25) is 0 Å². The van der Waals surface area contributed by atoms with Crippen molar-refractivity contribution in [2.24, 2.45) is 10.4 Å². The van der Waals surface area contributed by atoms with E-state index in [2.05, 4.69) is 32.0 Å². The normalized spacial score (nSPS) is 30.5. The highest BCUT2D eigenvalue weighted by molar-refractivity contribution is 5.65. The Morgan fingerprint density at radius 2 is 2.30 bits per heavy atom. The van der Waals surface area contributed by atoms with E-state index in [1.165, 1.54) is 19.3 Å². The second kappa shape index (κ2) is 2.73. The first-order chi connectivity index (χ1) is 4.64. The smallest absolute Gasteiger partial charge is 0.0493 e. The van der Waals surface area contributed by atoms with Crippen LogP contribution in [0.1, 0.15) is 40.0 Å². The summed E-state index contributed by atoms with van der Waals surface area (Å²) in [4.78, 5) is 4.48. The number of rotatable bonds is 1. The zero-order valence-electron chi connectivity index (χ0n) is 7.22. The van der Waals surface area contributed by atoms with Crippen LogP contribution in [-0.2, 0) is 0 Å². The van der Waals surface area contributed by atoms with E-state index in [1.807, 2.05) is 0 Å². The van der Waals surface area contributed by atoms with Crippen molar-refractivity contribution in [3.8, 4) is 0 Å². The van der Waals surface area contributed by atoms with Crippen LogP contribution in [0.2, 0.25) is 0 Å². The number of hydrogen-bond donors (Lipinski definition) is 0. The van der Waals surface area contributed by atoms with Crippen molar-refractivity contribution < 1.29 is 0 Å². The van der Waals surface area contributed by atoms with Gasteiger partial charge in [0.05, 0.1) is 0 Å². The van der Waals surface area contributed by atoms with E-state index in [4.69, 9.17) is 0 Å². The molecule has 1 heterocycles. The van der Waals surface area contributed by atoms with Crippen LogP contribution in [0.4, 0.5) is 0 Å². The van der Waals surface area contributed by atoms with Gasteiger partial charge in [-0.25, -0.2) is 0 Å². The molecule has 0 saturated heterocycles. The molecular weight excluding hydrogens is 122 g/mol. The van der Waals surface area contributed by atoms with Crippen LogP contribution in [0.25, 0.3) is 0 Å². The molecule has 0 amide bonds. The van der Waals surface area contributed by atoms with Gasteiger partial charge in [-0.3, -0.25) is 4.99 Å². The summed E-state index contributed by atoms with van der Waals surface area (Å²) < 4.78 is 0. The number of hydrogen-bond acceptors (Lipinski definition) is 1. The number of nitrogens with zero attached hydrogens (tertiary/aromatic N) is 1. The van der Waals surface area contributed by atoms with Crippen LogP contribution in [0.3, 0.4) is 0 Å². The van der Waals surface area contributed by atoms with Crippen molar-refractivity contribution in [1.82, 2.24) is 0 Å². The molecule has 58 valence electrons. The van der Waals surface area contributed by atoms with E-state index in [0.717, 1.165) is 0 Å². The first kappa shape index (κ1) is 7.77. The van der Waals surface area contributed by atoms with Crippen molar-refractivity contribution in [1.29, 1.82) is 0 Å². The lowest BCUT2D eigenvalue weighted by Gasteiger charge is -2.26. The summed E-state index contributed by atoms with van der Waals surface area (Å²) in [6.45, 7) is 6.71. The fraction of sp³-hybridized carbons (Fsp3) is 0.889. The van der Waals surface area contributed by atoms with Crippen LogP contribution in [0, 0.1) is 5.41 Å². The van der Waals surface area contributed by atoms with Gasteiger partial charge in [-0.15, -0.1) is 0 Å². The minimum Gasteiger partial charge on any atom is -0.294 e. The summed E-state index contributed by atoms with van der Waals surface area (Å²) in [6.07, 6.45) is 5.91. The Balaban J connectivity index is 2.52. The Bertz CT molecular complexity index is 136. The highest BCUT2D eigenvalue weighted by Crippen LogP contribution is 2.26. The lowest BCUT2D eigenvalue weighted by Crippen LogP contribution is -2.22. The van der Waals surface area contributed by atoms with E-state index in [1.54, 1.807) is 0 Å². The first-order valence-electron chi connectivity index (χ1n) is 4.18. The second-order valence-corrected chi connectivity index (χ2v) is 3.87. The molecule has 1 rings (SSSR count). The highest BCUT2D eigenvalue weighted by Gasteiger charge is 2.21. The van der Waals surface area contributed by atoms with Crippen LogP contribution >= 0.6 is 0 Å². The quantitative estimate of drug-likeness (QED) is 0.529. The maximum atomic E-state index is 4.48. The molecule has 1 aliphatic heterocycles. The molecule has 0 radical (unpaired) electrons. The fourth-order valence-corrected chi connectivity index (χ4v) is 1.29. The molecule has 0 spiro atoms. The SMILES string of the molecule is CC[C@@H]1CCC(C)(C)C=N1. The zero-order valence-corrected chi connectivity index (χ0v) is 7.22. The summed E-state index contributed by atoms with van der Waals surface area (Å²) in [6, 6.07) is 0.619. The molecule has 0 aromatic carbocycles. The Kier molecular flexibility index (Phi) is 2.12. The minimum atomic E-state index is 0.367. The highest BCUT2D eigenvalue weighted by atomic mass is 14.8. The summed E-state index contributed by atoms with van der Waals surface area (Å²) in [7, 11) is 0. The topological polar surface area (TPSA) is 12.4 Å². The summed E-state index contributed by atoms with van der Waals surface area (Å²) in [5.41, 5.74) is 0.367. The minimum absolute atomic E-state index is 0.367. The third kappa shape index (κ3) is 1.83. The first-order valence-corrected chi connectivity index (χ1v) is 4.18. The molecule has 0 saturated carbocycles. The second-order valence-electron chi connectivity index (χ2n) is 3.87. The van der Waals surface area contributed by atoms with Crippen molar-refractivity contribution in [2.75, 3.05) is 0 Å². The fourth-order valence-electron chi connectivity index (χ4n) is 1.29. The van der Waals surface area contributed by atoms with Crippen LogP contribution in [-0.4, -0.2) is 12.3 Å².